The quantitative estimate of drug-likeness (QED) is 0.500. The van der Waals surface area contributed by atoms with Gasteiger partial charge in [0.25, 0.3) is 0 Å². The summed E-state index contributed by atoms with van der Waals surface area (Å²) in [5.74, 6) is -1.04. The lowest BCUT2D eigenvalue weighted by atomic mass is 9.78. The summed E-state index contributed by atoms with van der Waals surface area (Å²) in [6.45, 7) is 0.491. The molecule has 180 valence electrons. The second-order valence-corrected chi connectivity index (χ2v) is 8.75. The zero-order chi connectivity index (χ0) is 24.7. The average Bonchev–Trinajstić information content (AvgIpc) is 2.86. The van der Waals surface area contributed by atoms with Crippen LogP contribution >= 0.6 is 0 Å². The molecule has 1 saturated heterocycles. The normalized spacial score (nSPS) is 17.7. The van der Waals surface area contributed by atoms with Crippen molar-refractivity contribution in [3.05, 3.63) is 108 Å². The van der Waals surface area contributed by atoms with E-state index in [4.69, 9.17) is 10.5 Å². The monoisotopic (exact) mass is 471 g/mol. The number of nitrogens with one attached hydrogen (secondary N) is 1. The molecule has 1 aliphatic rings. The molecule has 7 heteroatoms. The first kappa shape index (κ1) is 24.0. The number of likely N-dealkylation sites (tertiary alicyclic amines) is 1. The Hall–Kier alpha value is -4.13. The predicted molar refractivity (Wildman–Crippen MR) is 132 cm³/mol. The van der Waals surface area contributed by atoms with Gasteiger partial charge in [-0.05, 0) is 23.1 Å². The van der Waals surface area contributed by atoms with Crippen LogP contribution < -0.4 is 11.1 Å². The van der Waals surface area contributed by atoms with Gasteiger partial charge in [0.2, 0.25) is 11.8 Å². The number of carbonyl (C=O) groups excluding carboxylic acids is 3. The number of rotatable bonds is 9. The van der Waals surface area contributed by atoms with E-state index in [0.717, 1.165) is 16.7 Å². The number of benzene rings is 3. The van der Waals surface area contributed by atoms with Crippen LogP contribution in [-0.4, -0.2) is 40.9 Å². The molecular weight excluding hydrogens is 442 g/mol. The molecule has 0 spiro atoms. The standard InChI is InChI=1S/C28H29N3O4/c29-25(32)24(18-21-10-4-1-5-11-21)30-26(33)28(19-22-12-6-2-7-13-22)16-17-31(28)27(34)35-20-23-14-8-3-9-15-23/h1-15,24H,16-20H2,(H2,29,32)(H,30,33)/t24-,28-/m0/s1. The second-order valence-electron chi connectivity index (χ2n) is 8.75. The van der Waals surface area contributed by atoms with Crippen molar-refractivity contribution < 1.29 is 19.1 Å². The number of ether oxygens (including phenoxy) is 1. The lowest BCUT2D eigenvalue weighted by Gasteiger charge is -2.50. The number of nitrogens with two attached hydrogens (primary N) is 1. The van der Waals surface area contributed by atoms with Crippen LogP contribution in [0.2, 0.25) is 0 Å². The fourth-order valence-corrected chi connectivity index (χ4v) is 4.36. The molecule has 0 bridgehead atoms. The van der Waals surface area contributed by atoms with Crippen LogP contribution in [0.1, 0.15) is 23.1 Å². The molecule has 1 fully saturated rings. The molecule has 4 rings (SSSR count). The molecule has 0 aliphatic carbocycles. The van der Waals surface area contributed by atoms with Crippen LogP contribution in [-0.2, 0) is 33.8 Å². The van der Waals surface area contributed by atoms with Crippen LogP contribution in [0.15, 0.2) is 91.0 Å². The molecule has 1 heterocycles. The maximum absolute atomic E-state index is 13.7. The minimum absolute atomic E-state index is 0.108. The summed E-state index contributed by atoms with van der Waals surface area (Å²) < 4.78 is 5.54. The molecule has 7 nitrogen and oxygen atoms in total. The summed E-state index contributed by atoms with van der Waals surface area (Å²) in [5, 5.41) is 2.82. The maximum Gasteiger partial charge on any atom is 0.411 e. The van der Waals surface area contributed by atoms with Crippen molar-refractivity contribution in [2.24, 2.45) is 5.73 Å². The minimum Gasteiger partial charge on any atom is -0.445 e. The Morgan fingerprint density at radius 1 is 0.857 bits per heavy atom. The smallest absolute Gasteiger partial charge is 0.411 e. The van der Waals surface area contributed by atoms with Gasteiger partial charge in [-0.1, -0.05) is 91.0 Å². The molecule has 35 heavy (non-hydrogen) atoms. The molecule has 0 saturated carbocycles. The van der Waals surface area contributed by atoms with Crippen LogP contribution in [0.5, 0.6) is 0 Å². The Bertz CT molecular complexity index is 1150. The van der Waals surface area contributed by atoms with Crippen molar-refractivity contribution >= 4 is 17.9 Å². The average molecular weight is 472 g/mol. The highest BCUT2D eigenvalue weighted by Gasteiger charge is 2.54. The zero-order valence-corrected chi connectivity index (χ0v) is 19.4. The fourth-order valence-electron chi connectivity index (χ4n) is 4.36. The largest absolute Gasteiger partial charge is 0.445 e. The van der Waals surface area contributed by atoms with E-state index in [9.17, 15) is 14.4 Å². The van der Waals surface area contributed by atoms with Gasteiger partial charge in [0.05, 0.1) is 0 Å². The molecule has 1 aliphatic heterocycles. The fraction of sp³-hybridized carbons (Fsp3) is 0.250. The van der Waals surface area contributed by atoms with Gasteiger partial charge < -0.3 is 15.8 Å². The molecular formula is C28H29N3O4. The molecule has 0 unspecified atom stereocenters. The number of amides is 3. The highest BCUT2D eigenvalue weighted by atomic mass is 16.6. The first-order valence-electron chi connectivity index (χ1n) is 11.6. The Morgan fingerprint density at radius 2 is 1.40 bits per heavy atom. The van der Waals surface area contributed by atoms with Gasteiger partial charge in [-0.3, -0.25) is 14.5 Å². The molecule has 0 aromatic heterocycles. The lowest BCUT2D eigenvalue weighted by molar-refractivity contribution is -0.143. The highest BCUT2D eigenvalue weighted by molar-refractivity contribution is 5.95. The Labute approximate surface area is 204 Å². The first-order valence-corrected chi connectivity index (χ1v) is 11.6. The van der Waals surface area contributed by atoms with Crippen molar-refractivity contribution in [1.29, 1.82) is 0 Å². The van der Waals surface area contributed by atoms with E-state index in [2.05, 4.69) is 5.32 Å². The zero-order valence-electron chi connectivity index (χ0n) is 19.4. The van der Waals surface area contributed by atoms with Crippen molar-refractivity contribution in [1.82, 2.24) is 10.2 Å². The van der Waals surface area contributed by atoms with Gasteiger partial charge in [0.1, 0.15) is 18.2 Å². The summed E-state index contributed by atoms with van der Waals surface area (Å²) in [7, 11) is 0. The van der Waals surface area contributed by atoms with Crippen molar-refractivity contribution in [2.75, 3.05) is 6.54 Å². The lowest BCUT2D eigenvalue weighted by Crippen LogP contribution is -2.71. The van der Waals surface area contributed by atoms with Crippen molar-refractivity contribution in [3.63, 3.8) is 0 Å². The van der Waals surface area contributed by atoms with Crippen LogP contribution in [0, 0.1) is 0 Å². The SMILES string of the molecule is NC(=O)[C@H](Cc1ccccc1)NC(=O)[C@@]1(Cc2ccccc2)CCN1C(=O)OCc1ccccc1. The summed E-state index contributed by atoms with van der Waals surface area (Å²) >= 11 is 0. The Balaban J connectivity index is 1.53. The van der Waals surface area contributed by atoms with Crippen LogP contribution in [0.3, 0.4) is 0 Å². The maximum atomic E-state index is 13.7. The van der Waals surface area contributed by atoms with Gasteiger partial charge >= 0.3 is 6.09 Å². The second kappa shape index (κ2) is 10.9. The number of carbonyl (C=O) groups is 3. The summed E-state index contributed by atoms with van der Waals surface area (Å²) in [6, 6.07) is 27.3. The van der Waals surface area contributed by atoms with Crippen molar-refractivity contribution in [2.45, 2.75) is 37.5 Å². The van der Waals surface area contributed by atoms with Crippen LogP contribution in [0.25, 0.3) is 0 Å². The third kappa shape index (κ3) is 5.69. The minimum atomic E-state index is -1.17. The third-order valence-electron chi connectivity index (χ3n) is 6.38. The summed E-state index contributed by atoms with van der Waals surface area (Å²) in [6.07, 6.45) is 0.453. The Kier molecular flexibility index (Phi) is 7.45. The molecule has 3 aromatic rings. The number of hydrogen-bond donors (Lipinski definition) is 2. The van der Waals surface area contributed by atoms with Crippen LogP contribution in [0.4, 0.5) is 4.79 Å². The summed E-state index contributed by atoms with van der Waals surface area (Å²) in [4.78, 5) is 40.4. The van der Waals surface area contributed by atoms with E-state index < -0.39 is 29.5 Å². The van der Waals surface area contributed by atoms with Gasteiger partial charge in [-0.2, -0.15) is 0 Å². The molecule has 3 amide bonds. The topological polar surface area (TPSA) is 102 Å². The molecule has 2 atom stereocenters. The van der Waals surface area contributed by atoms with E-state index in [1.807, 2.05) is 91.0 Å². The molecule has 3 N–H and O–H groups in total. The third-order valence-corrected chi connectivity index (χ3v) is 6.38. The first-order chi connectivity index (χ1) is 17.0. The van der Waals surface area contributed by atoms with E-state index in [-0.39, 0.29) is 13.0 Å². The number of primary amides is 1. The van der Waals surface area contributed by atoms with E-state index >= 15 is 0 Å². The van der Waals surface area contributed by atoms with E-state index in [1.165, 1.54) is 4.90 Å². The Morgan fingerprint density at radius 3 is 1.91 bits per heavy atom. The number of hydrogen-bond acceptors (Lipinski definition) is 4. The van der Waals surface area contributed by atoms with Gasteiger partial charge in [-0.25, -0.2) is 4.79 Å². The van der Waals surface area contributed by atoms with E-state index in [1.54, 1.807) is 0 Å². The number of nitrogens with zero attached hydrogens (tertiary/aromatic N) is 1. The predicted octanol–water partition coefficient (Wildman–Crippen LogP) is 3.22. The molecule has 0 radical (unpaired) electrons. The van der Waals surface area contributed by atoms with Gasteiger partial charge in [0, 0.05) is 19.4 Å². The van der Waals surface area contributed by atoms with Gasteiger partial charge in [0.15, 0.2) is 0 Å². The van der Waals surface area contributed by atoms with Crippen molar-refractivity contribution in [3.8, 4) is 0 Å². The highest BCUT2D eigenvalue weighted by Crippen LogP contribution is 2.35. The molecule has 3 aromatic carbocycles. The van der Waals surface area contributed by atoms with Gasteiger partial charge in [-0.15, -0.1) is 0 Å². The summed E-state index contributed by atoms with van der Waals surface area (Å²) in [5.41, 5.74) is 7.11. The van der Waals surface area contributed by atoms with E-state index in [0.29, 0.717) is 19.4 Å².